The summed E-state index contributed by atoms with van der Waals surface area (Å²) in [5.74, 6) is 0.947. The molecule has 1 amide bonds. The minimum absolute atomic E-state index is 0.114. The third kappa shape index (κ3) is 4.62. The third-order valence-corrected chi connectivity index (χ3v) is 5.38. The van der Waals surface area contributed by atoms with E-state index in [4.69, 9.17) is 5.73 Å². The number of aromatic nitrogens is 1. The molecule has 3 rings (SSSR count). The van der Waals surface area contributed by atoms with Crippen LogP contribution in [-0.2, 0) is 11.3 Å². The highest BCUT2D eigenvalue weighted by Gasteiger charge is 2.22. The lowest BCUT2D eigenvalue weighted by molar-refractivity contribution is -0.123. The van der Waals surface area contributed by atoms with Crippen molar-refractivity contribution in [1.82, 2.24) is 10.3 Å². The topological polar surface area (TPSA) is 74.5 Å². The molecule has 0 aliphatic carbocycles. The maximum absolute atomic E-state index is 12.2. The van der Waals surface area contributed by atoms with Crippen LogP contribution in [0.2, 0.25) is 0 Å². The molecule has 3 N–H and O–H groups in total. The molecule has 2 heterocycles. The molecule has 1 aliphatic rings. The Bertz CT molecular complexity index is 799. The number of piperazine rings is 1. The van der Waals surface area contributed by atoms with Crippen LogP contribution < -0.4 is 20.9 Å². The Labute approximate surface area is 167 Å². The lowest BCUT2D eigenvalue weighted by atomic mass is 10.0. The Morgan fingerprint density at radius 1 is 1.11 bits per heavy atom. The summed E-state index contributed by atoms with van der Waals surface area (Å²) in [4.78, 5) is 21.5. The van der Waals surface area contributed by atoms with Crippen molar-refractivity contribution in [2.24, 2.45) is 11.7 Å². The summed E-state index contributed by atoms with van der Waals surface area (Å²) >= 11 is 0. The number of rotatable bonds is 6. The van der Waals surface area contributed by atoms with Crippen LogP contribution in [0.1, 0.15) is 25.0 Å². The number of benzene rings is 1. The quantitative estimate of drug-likeness (QED) is 0.803. The summed E-state index contributed by atoms with van der Waals surface area (Å²) in [6.45, 7) is 10.2. The van der Waals surface area contributed by atoms with Gasteiger partial charge in [-0.3, -0.25) is 4.79 Å². The number of nitrogens with zero attached hydrogens (tertiary/aromatic N) is 3. The summed E-state index contributed by atoms with van der Waals surface area (Å²) in [7, 11) is 0. The van der Waals surface area contributed by atoms with Crippen LogP contribution in [0.15, 0.2) is 42.6 Å². The van der Waals surface area contributed by atoms with Gasteiger partial charge in [0.2, 0.25) is 5.91 Å². The van der Waals surface area contributed by atoms with Crippen molar-refractivity contribution in [1.29, 1.82) is 0 Å². The van der Waals surface area contributed by atoms with Gasteiger partial charge in [-0.05, 0) is 30.5 Å². The largest absolute Gasteiger partial charge is 0.368 e. The molecule has 1 aromatic carbocycles. The van der Waals surface area contributed by atoms with Crippen LogP contribution in [0.25, 0.3) is 0 Å². The number of nitrogens with two attached hydrogens (primary N) is 1. The van der Waals surface area contributed by atoms with Gasteiger partial charge < -0.3 is 20.9 Å². The Kier molecular flexibility index (Phi) is 6.52. The lowest BCUT2D eigenvalue weighted by Crippen LogP contribution is -2.47. The fourth-order valence-electron chi connectivity index (χ4n) is 3.53. The predicted molar refractivity (Wildman–Crippen MR) is 115 cm³/mol. The van der Waals surface area contributed by atoms with Crippen LogP contribution in [-0.4, -0.2) is 43.1 Å². The zero-order valence-electron chi connectivity index (χ0n) is 17.1. The standard InChI is InChI=1S/C22H31N5O/c1-16(2)20(23)22(28)25-15-18-8-6-10-24-21(18)27-13-11-26(12-14-27)19-9-5-4-7-17(19)3/h4-10,16,20H,11-15,23H2,1-3H3,(H,25,28)/t20-/m1/s1. The van der Waals surface area contributed by atoms with Crippen LogP contribution in [0.3, 0.4) is 0 Å². The van der Waals surface area contributed by atoms with Crippen molar-refractivity contribution in [3.05, 3.63) is 53.7 Å². The lowest BCUT2D eigenvalue weighted by Gasteiger charge is -2.38. The molecule has 1 fully saturated rings. The van der Waals surface area contributed by atoms with E-state index in [2.05, 4.69) is 51.3 Å². The first-order valence-electron chi connectivity index (χ1n) is 10.00. The molecule has 0 spiro atoms. The van der Waals surface area contributed by atoms with E-state index in [1.54, 1.807) is 0 Å². The average molecular weight is 382 g/mol. The molecule has 1 saturated heterocycles. The monoisotopic (exact) mass is 381 g/mol. The first-order valence-corrected chi connectivity index (χ1v) is 10.00. The van der Waals surface area contributed by atoms with Crippen molar-refractivity contribution in [2.45, 2.75) is 33.4 Å². The molecular formula is C22H31N5O. The molecule has 1 aliphatic heterocycles. The molecule has 0 bridgehead atoms. The van der Waals surface area contributed by atoms with Gasteiger partial charge in [-0.25, -0.2) is 4.98 Å². The molecule has 6 heteroatoms. The smallest absolute Gasteiger partial charge is 0.237 e. The van der Waals surface area contributed by atoms with E-state index in [9.17, 15) is 4.79 Å². The van der Waals surface area contributed by atoms with Gasteiger partial charge in [-0.2, -0.15) is 0 Å². The van der Waals surface area contributed by atoms with Gasteiger partial charge in [0.1, 0.15) is 5.82 Å². The van der Waals surface area contributed by atoms with E-state index in [0.29, 0.717) is 6.54 Å². The fourth-order valence-corrected chi connectivity index (χ4v) is 3.53. The van der Waals surface area contributed by atoms with Gasteiger partial charge in [-0.15, -0.1) is 0 Å². The molecular weight excluding hydrogens is 350 g/mol. The summed E-state index contributed by atoms with van der Waals surface area (Å²) in [5.41, 5.74) is 9.58. The van der Waals surface area contributed by atoms with Gasteiger partial charge in [0.05, 0.1) is 6.04 Å². The van der Waals surface area contributed by atoms with E-state index in [-0.39, 0.29) is 11.8 Å². The number of carbonyl (C=O) groups is 1. The summed E-state index contributed by atoms with van der Waals surface area (Å²) in [5, 5.41) is 2.96. The normalized spacial score (nSPS) is 15.6. The molecule has 1 atom stereocenters. The summed E-state index contributed by atoms with van der Waals surface area (Å²) in [6, 6.07) is 12.0. The van der Waals surface area contributed by atoms with Crippen molar-refractivity contribution in [3.8, 4) is 0 Å². The second kappa shape index (κ2) is 9.06. The van der Waals surface area contributed by atoms with E-state index in [1.165, 1.54) is 11.3 Å². The summed E-state index contributed by atoms with van der Waals surface area (Å²) < 4.78 is 0. The number of hydrogen-bond acceptors (Lipinski definition) is 5. The molecule has 0 unspecified atom stereocenters. The maximum atomic E-state index is 12.2. The van der Waals surface area contributed by atoms with Crippen molar-refractivity contribution >= 4 is 17.4 Å². The minimum atomic E-state index is -0.488. The van der Waals surface area contributed by atoms with Gasteiger partial charge in [0.15, 0.2) is 0 Å². The van der Waals surface area contributed by atoms with Gasteiger partial charge in [0, 0.05) is 50.2 Å². The maximum Gasteiger partial charge on any atom is 0.237 e. The van der Waals surface area contributed by atoms with Crippen LogP contribution >= 0.6 is 0 Å². The highest BCUT2D eigenvalue weighted by Crippen LogP contribution is 2.24. The Balaban J connectivity index is 1.64. The van der Waals surface area contributed by atoms with Crippen molar-refractivity contribution in [3.63, 3.8) is 0 Å². The van der Waals surface area contributed by atoms with Crippen LogP contribution in [0.4, 0.5) is 11.5 Å². The molecule has 1 aromatic heterocycles. The zero-order chi connectivity index (χ0) is 20.1. The van der Waals surface area contributed by atoms with Crippen LogP contribution in [0, 0.1) is 12.8 Å². The average Bonchev–Trinajstić information content (AvgIpc) is 2.72. The predicted octanol–water partition coefficient (Wildman–Crippen LogP) is 2.32. The first kappa shape index (κ1) is 20.1. The van der Waals surface area contributed by atoms with Gasteiger partial charge in [0.25, 0.3) is 0 Å². The van der Waals surface area contributed by atoms with E-state index in [1.807, 2.05) is 32.2 Å². The first-order chi connectivity index (χ1) is 13.5. The number of pyridine rings is 1. The molecule has 6 nitrogen and oxygen atoms in total. The Morgan fingerprint density at radius 3 is 2.46 bits per heavy atom. The fraction of sp³-hybridized carbons (Fsp3) is 0.455. The highest BCUT2D eigenvalue weighted by atomic mass is 16.2. The highest BCUT2D eigenvalue weighted by molar-refractivity contribution is 5.81. The number of anilines is 2. The molecule has 0 saturated carbocycles. The number of para-hydroxylation sites is 1. The Hall–Kier alpha value is -2.60. The number of amides is 1. The van der Waals surface area contributed by atoms with Crippen molar-refractivity contribution < 1.29 is 4.79 Å². The third-order valence-electron chi connectivity index (χ3n) is 5.38. The van der Waals surface area contributed by atoms with Crippen LogP contribution in [0.5, 0.6) is 0 Å². The summed E-state index contributed by atoms with van der Waals surface area (Å²) in [6.07, 6.45) is 1.81. The minimum Gasteiger partial charge on any atom is -0.368 e. The number of hydrogen-bond donors (Lipinski definition) is 2. The molecule has 0 radical (unpaired) electrons. The second-order valence-corrected chi connectivity index (χ2v) is 7.73. The number of nitrogens with one attached hydrogen (secondary N) is 1. The van der Waals surface area contributed by atoms with E-state index >= 15 is 0 Å². The Morgan fingerprint density at radius 2 is 1.79 bits per heavy atom. The number of aryl methyl sites for hydroxylation is 1. The molecule has 150 valence electrons. The molecule has 2 aromatic rings. The zero-order valence-corrected chi connectivity index (χ0v) is 17.1. The SMILES string of the molecule is Cc1ccccc1N1CCN(c2ncccc2CNC(=O)[C@H](N)C(C)C)CC1. The van der Waals surface area contributed by atoms with E-state index < -0.39 is 6.04 Å². The van der Waals surface area contributed by atoms with Crippen molar-refractivity contribution in [2.75, 3.05) is 36.0 Å². The van der Waals surface area contributed by atoms with Gasteiger partial charge in [-0.1, -0.05) is 38.1 Å². The second-order valence-electron chi connectivity index (χ2n) is 7.73. The number of carbonyl (C=O) groups excluding carboxylic acids is 1. The van der Waals surface area contributed by atoms with E-state index in [0.717, 1.165) is 37.6 Å². The molecule has 28 heavy (non-hydrogen) atoms. The van der Waals surface area contributed by atoms with Gasteiger partial charge >= 0.3 is 0 Å².